The molecule has 132 valence electrons. The Morgan fingerprint density at radius 1 is 1.12 bits per heavy atom. The first-order valence-electron chi connectivity index (χ1n) is 9.46. The van der Waals surface area contributed by atoms with Gasteiger partial charge in [0.1, 0.15) is 17.4 Å². The lowest BCUT2D eigenvalue weighted by atomic mass is 10.1. The monoisotopic (exact) mass is 340 g/mol. The highest BCUT2D eigenvalue weighted by Crippen LogP contribution is 2.34. The number of ether oxygens (including phenoxy) is 1. The molecule has 4 heterocycles. The Bertz CT molecular complexity index is 879. The molecule has 5 rings (SSSR count). The second-order valence-electron chi connectivity index (χ2n) is 7.31. The van der Waals surface area contributed by atoms with Crippen molar-refractivity contribution in [3.63, 3.8) is 0 Å². The lowest BCUT2D eigenvalue weighted by Crippen LogP contribution is -2.10. The first-order chi connectivity index (χ1) is 12.3. The van der Waals surface area contributed by atoms with Gasteiger partial charge in [0.2, 0.25) is 0 Å². The van der Waals surface area contributed by atoms with E-state index in [1.165, 1.54) is 32.1 Å². The van der Waals surface area contributed by atoms with E-state index in [1.54, 1.807) is 0 Å². The molecule has 1 saturated carbocycles. The van der Waals surface area contributed by atoms with Crippen LogP contribution in [0.2, 0.25) is 0 Å². The van der Waals surface area contributed by atoms with E-state index in [0.29, 0.717) is 6.04 Å². The summed E-state index contributed by atoms with van der Waals surface area (Å²) >= 11 is 0. The largest absolute Gasteiger partial charge is 0.455 e. The van der Waals surface area contributed by atoms with E-state index in [1.807, 2.05) is 19.1 Å². The first kappa shape index (κ1) is 15.2. The van der Waals surface area contributed by atoms with Crippen molar-refractivity contribution >= 4 is 11.2 Å². The van der Waals surface area contributed by atoms with Gasteiger partial charge in [0, 0.05) is 6.61 Å². The Hall–Kier alpha value is -2.08. The molecule has 6 heteroatoms. The molecule has 2 fully saturated rings. The van der Waals surface area contributed by atoms with Crippen LogP contribution in [0.4, 0.5) is 0 Å². The number of fused-ring (bicyclic) bond motifs is 1. The summed E-state index contributed by atoms with van der Waals surface area (Å²) in [4.78, 5) is 8.23. The minimum absolute atomic E-state index is 0.0857. The number of H-pyrrole nitrogens is 1. The Labute approximate surface area is 146 Å². The lowest BCUT2D eigenvalue weighted by molar-refractivity contribution is 0.00219. The second kappa shape index (κ2) is 6.02. The third-order valence-corrected chi connectivity index (χ3v) is 5.55. The van der Waals surface area contributed by atoms with E-state index in [-0.39, 0.29) is 6.10 Å². The van der Waals surface area contributed by atoms with Crippen molar-refractivity contribution < 1.29 is 9.15 Å². The molecule has 1 N–H and O–H groups in total. The first-order valence-corrected chi connectivity index (χ1v) is 9.46. The van der Waals surface area contributed by atoms with Gasteiger partial charge in [-0.05, 0) is 51.2 Å². The Kier molecular flexibility index (Phi) is 3.66. The van der Waals surface area contributed by atoms with Crippen molar-refractivity contribution in [1.29, 1.82) is 0 Å². The zero-order chi connectivity index (χ0) is 16.8. The van der Waals surface area contributed by atoms with Crippen molar-refractivity contribution in [1.82, 2.24) is 19.7 Å². The molecule has 1 atom stereocenters. The molecule has 3 aromatic rings. The smallest absolute Gasteiger partial charge is 0.177 e. The number of nitrogens with one attached hydrogen (secondary N) is 1. The highest BCUT2D eigenvalue weighted by Gasteiger charge is 2.25. The molecule has 0 aromatic carbocycles. The molecular formula is C19H24N4O2. The molecule has 0 spiro atoms. The molecule has 1 aliphatic heterocycles. The summed E-state index contributed by atoms with van der Waals surface area (Å²) < 4.78 is 14.0. The summed E-state index contributed by atoms with van der Waals surface area (Å²) in [6.07, 6.45) is 8.42. The van der Waals surface area contributed by atoms with Crippen LogP contribution in [0.25, 0.3) is 22.7 Å². The normalized spacial score (nSPS) is 22.2. The molecular weight excluding hydrogens is 316 g/mol. The number of aromatic amines is 1. The fraction of sp³-hybridized carbons (Fsp3) is 0.579. The van der Waals surface area contributed by atoms with E-state index in [2.05, 4.69) is 9.67 Å². The molecule has 0 bridgehead atoms. The molecule has 0 amide bonds. The van der Waals surface area contributed by atoms with Crippen molar-refractivity contribution in [2.45, 2.75) is 64.0 Å². The van der Waals surface area contributed by atoms with Crippen molar-refractivity contribution in [2.24, 2.45) is 0 Å². The van der Waals surface area contributed by atoms with Crippen LogP contribution < -0.4 is 0 Å². The maximum absolute atomic E-state index is 6.06. The summed E-state index contributed by atoms with van der Waals surface area (Å²) in [6.45, 7) is 2.86. The third kappa shape index (κ3) is 2.59. The number of nitrogens with zero attached hydrogens (tertiary/aromatic N) is 3. The number of aromatic nitrogens is 4. The Balaban J connectivity index is 1.49. The van der Waals surface area contributed by atoms with Crippen molar-refractivity contribution in [2.75, 3.05) is 6.61 Å². The van der Waals surface area contributed by atoms with Gasteiger partial charge in [0.25, 0.3) is 0 Å². The lowest BCUT2D eigenvalue weighted by Gasteiger charge is -2.20. The van der Waals surface area contributed by atoms with E-state index >= 15 is 0 Å². The van der Waals surface area contributed by atoms with Crippen LogP contribution in [-0.2, 0) is 4.74 Å². The van der Waals surface area contributed by atoms with Gasteiger partial charge in [-0.3, -0.25) is 0 Å². The predicted octanol–water partition coefficient (Wildman–Crippen LogP) is 4.68. The van der Waals surface area contributed by atoms with Crippen LogP contribution in [0.1, 0.15) is 68.5 Å². The van der Waals surface area contributed by atoms with E-state index in [0.717, 1.165) is 53.7 Å². The van der Waals surface area contributed by atoms with Crippen LogP contribution in [0, 0.1) is 6.92 Å². The molecule has 25 heavy (non-hydrogen) atoms. The standard InChI is InChI=1S/C19H24N4O2/c1-12-17-19(23(22-12)13-6-2-3-7-13)21-18(20-17)16-10-9-15(25-16)14-8-4-5-11-24-14/h9-10,13-14H,2-8,11H2,1H3,(H,20,21)/t14-/m1/s1. The summed E-state index contributed by atoms with van der Waals surface area (Å²) in [6, 6.07) is 4.50. The van der Waals surface area contributed by atoms with Gasteiger partial charge in [-0.2, -0.15) is 5.10 Å². The molecule has 1 aliphatic carbocycles. The quantitative estimate of drug-likeness (QED) is 0.751. The van der Waals surface area contributed by atoms with Gasteiger partial charge in [-0.15, -0.1) is 0 Å². The number of aryl methyl sites for hydroxylation is 1. The van der Waals surface area contributed by atoms with Gasteiger partial charge in [-0.25, -0.2) is 9.67 Å². The van der Waals surface area contributed by atoms with Crippen molar-refractivity contribution in [3.8, 4) is 11.6 Å². The molecule has 1 saturated heterocycles. The van der Waals surface area contributed by atoms with Crippen LogP contribution in [0.15, 0.2) is 16.5 Å². The maximum atomic E-state index is 6.06. The molecule has 6 nitrogen and oxygen atoms in total. The fourth-order valence-electron chi connectivity index (χ4n) is 4.18. The summed E-state index contributed by atoms with van der Waals surface area (Å²) in [5.74, 6) is 2.46. The average Bonchev–Trinajstić information content (AvgIpc) is 3.41. The van der Waals surface area contributed by atoms with Crippen LogP contribution in [0.3, 0.4) is 0 Å². The number of hydrogen-bond acceptors (Lipinski definition) is 4. The second-order valence-corrected chi connectivity index (χ2v) is 7.31. The van der Waals surface area contributed by atoms with Gasteiger partial charge in [0.05, 0.1) is 11.7 Å². The maximum Gasteiger partial charge on any atom is 0.177 e. The van der Waals surface area contributed by atoms with E-state index < -0.39 is 0 Å². The zero-order valence-electron chi connectivity index (χ0n) is 14.6. The van der Waals surface area contributed by atoms with E-state index in [9.17, 15) is 0 Å². The third-order valence-electron chi connectivity index (χ3n) is 5.55. The Morgan fingerprint density at radius 3 is 2.76 bits per heavy atom. The highest BCUT2D eigenvalue weighted by molar-refractivity contribution is 5.78. The summed E-state index contributed by atoms with van der Waals surface area (Å²) in [7, 11) is 0. The fourth-order valence-corrected chi connectivity index (χ4v) is 4.18. The highest BCUT2D eigenvalue weighted by atomic mass is 16.5. The van der Waals surface area contributed by atoms with Crippen molar-refractivity contribution in [3.05, 3.63) is 23.6 Å². The number of hydrogen-bond donors (Lipinski definition) is 1. The molecule has 2 aliphatic rings. The number of imidazole rings is 1. The van der Waals surface area contributed by atoms with Gasteiger partial charge >= 0.3 is 0 Å². The number of rotatable bonds is 3. The molecule has 0 radical (unpaired) electrons. The van der Waals surface area contributed by atoms with Gasteiger partial charge in [0.15, 0.2) is 17.2 Å². The topological polar surface area (TPSA) is 68.9 Å². The molecule has 0 unspecified atom stereocenters. The van der Waals surface area contributed by atoms with Gasteiger partial charge < -0.3 is 14.1 Å². The van der Waals surface area contributed by atoms with Crippen LogP contribution in [0.5, 0.6) is 0 Å². The minimum Gasteiger partial charge on any atom is -0.455 e. The zero-order valence-corrected chi connectivity index (χ0v) is 14.6. The molecule has 3 aromatic heterocycles. The minimum atomic E-state index is 0.0857. The SMILES string of the molecule is Cc1nn(C2CCCC2)c2nc(-c3ccc([C@H]4CCCCO4)o3)[nH]c12. The Morgan fingerprint density at radius 2 is 1.96 bits per heavy atom. The van der Waals surface area contributed by atoms with Crippen LogP contribution >= 0.6 is 0 Å². The van der Waals surface area contributed by atoms with Gasteiger partial charge in [-0.1, -0.05) is 12.8 Å². The summed E-state index contributed by atoms with van der Waals surface area (Å²) in [5, 5.41) is 4.72. The predicted molar refractivity (Wildman–Crippen MR) is 94.4 cm³/mol. The summed E-state index contributed by atoms with van der Waals surface area (Å²) in [5.41, 5.74) is 2.98. The van der Waals surface area contributed by atoms with Crippen LogP contribution in [-0.4, -0.2) is 26.4 Å². The average molecular weight is 340 g/mol. The van der Waals surface area contributed by atoms with E-state index in [4.69, 9.17) is 19.2 Å². The number of furan rings is 1.